The van der Waals surface area contributed by atoms with Gasteiger partial charge in [-0.1, -0.05) is 46.3 Å². The standard InChI is InChI=1S/C22H16BrN3O3S/c23-17-7-3-5-15(11-17)13-24-25-22-26(14-18-8-4-10-29-18)21(28)20(30-22)12-16-6-1-2-9-19(16)27/h1-13,27H,14H2/b20-12-,24-13+,25-22-. The molecule has 4 rings (SSSR count). The van der Waals surface area contributed by atoms with Crippen LogP contribution >= 0.6 is 27.7 Å². The summed E-state index contributed by atoms with van der Waals surface area (Å²) in [4.78, 5) is 15.0. The van der Waals surface area contributed by atoms with Crippen molar-refractivity contribution in [2.75, 3.05) is 0 Å². The van der Waals surface area contributed by atoms with Crippen molar-refractivity contribution in [1.29, 1.82) is 0 Å². The average Bonchev–Trinajstić information content (AvgIpc) is 3.34. The van der Waals surface area contributed by atoms with Crippen molar-refractivity contribution in [3.05, 3.63) is 93.2 Å². The minimum absolute atomic E-state index is 0.106. The number of hydrogen-bond donors (Lipinski definition) is 1. The highest BCUT2D eigenvalue weighted by molar-refractivity contribution is 9.10. The molecule has 1 N–H and O–H groups in total. The Morgan fingerprint density at radius 1 is 1.13 bits per heavy atom. The number of para-hydroxylation sites is 1. The number of thioether (sulfide) groups is 1. The molecule has 0 aliphatic carbocycles. The van der Waals surface area contributed by atoms with Crippen molar-refractivity contribution in [3.8, 4) is 5.75 Å². The highest BCUT2D eigenvalue weighted by Crippen LogP contribution is 2.35. The summed E-state index contributed by atoms with van der Waals surface area (Å²) in [6.07, 6.45) is 4.83. The molecule has 1 aliphatic rings. The van der Waals surface area contributed by atoms with Crippen molar-refractivity contribution in [1.82, 2.24) is 4.90 Å². The van der Waals surface area contributed by atoms with Gasteiger partial charge in [0.15, 0.2) is 5.17 Å². The molecular weight excluding hydrogens is 466 g/mol. The van der Waals surface area contributed by atoms with Crippen LogP contribution in [0.2, 0.25) is 0 Å². The van der Waals surface area contributed by atoms with Gasteiger partial charge in [-0.25, -0.2) is 0 Å². The summed E-state index contributed by atoms with van der Waals surface area (Å²) in [7, 11) is 0. The van der Waals surface area contributed by atoms with E-state index in [0.717, 1.165) is 10.0 Å². The van der Waals surface area contributed by atoms with Gasteiger partial charge in [0.2, 0.25) is 0 Å². The second-order valence-corrected chi connectivity index (χ2v) is 8.25. The van der Waals surface area contributed by atoms with Crippen LogP contribution in [0.4, 0.5) is 0 Å². The van der Waals surface area contributed by atoms with E-state index in [0.29, 0.717) is 21.4 Å². The van der Waals surface area contributed by atoms with Crippen LogP contribution in [0.15, 0.2) is 90.9 Å². The molecule has 2 heterocycles. The number of aromatic hydroxyl groups is 1. The van der Waals surface area contributed by atoms with Crippen LogP contribution in [0, 0.1) is 0 Å². The van der Waals surface area contributed by atoms with Gasteiger partial charge in [-0.2, -0.15) is 5.10 Å². The Morgan fingerprint density at radius 3 is 2.77 bits per heavy atom. The third-order valence-corrected chi connectivity index (χ3v) is 5.69. The molecule has 1 amide bonds. The van der Waals surface area contributed by atoms with Gasteiger partial charge in [-0.15, -0.1) is 5.10 Å². The second-order valence-electron chi connectivity index (χ2n) is 6.32. The molecule has 0 spiro atoms. The first-order chi connectivity index (χ1) is 14.6. The van der Waals surface area contributed by atoms with Crippen LogP contribution in [0.3, 0.4) is 0 Å². The SMILES string of the molecule is O=C1/C(=C/c2ccccc2O)S/C(=N\N=C\c2cccc(Br)c2)N1Cc1ccco1. The van der Waals surface area contributed by atoms with E-state index in [4.69, 9.17) is 4.42 Å². The van der Waals surface area contributed by atoms with Gasteiger partial charge in [-0.05, 0) is 53.7 Å². The van der Waals surface area contributed by atoms with Gasteiger partial charge < -0.3 is 9.52 Å². The molecule has 150 valence electrons. The third kappa shape index (κ3) is 4.72. The highest BCUT2D eigenvalue weighted by Gasteiger charge is 2.34. The monoisotopic (exact) mass is 481 g/mol. The lowest BCUT2D eigenvalue weighted by atomic mass is 10.2. The van der Waals surface area contributed by atoms with Crippen molar-refractivity contribution in [3.63, 3.8) is 0 Å². The van der Waals surface area contributed by atoms with E-state index in [1.807, 2.05) is 24.3 Å². The molecule has 6 nitrogen and oxygen atoms in total. The average molecular weight is 482 g/mol. The molecule has 1 saturated heterocycles. The minimum atomic E-state index is -0.226. The molecule has 30 heavy (non-hydrogen) atoms. The molecule has 1 aromatic heterocycles. The van der Waals surface area contributed by atoms with E-state index in [1.165, 1.54) is 16.7 Å². The largest absolute Gasteiger partial charge is 0.507 e. The Morgan fingerprint density at radius 2 is 2.00 bits per heavy atom. The van der Waals surface area contributed by atoms with Crippen LogP contribution in [0.1, 0.15) is 16.9 Å². The fourth-order valence-corrected chi connectivity index (χ4v) is 4.11. The zero-order chi connectivity index (χ0) is 20.9. The van der Waals surface area contributed by atoms with E-state index in [2.05, 4.69) is 26.1 Å². The Labute approximate surface area is 185 Å². The molecular formula is C22H16BrN3O3S. The van der Waals surface area contributed by atoms with E-state index in [1.54, 1.807) is 55.0 Å². The molecule has 0 unspecified atom stereocenters. The zero-order valence-electron chi connectivity index (χ0n) is 15.6. The van der Waals surface area contributed by atoms with Gasteiger partial charge >= 0.3 is 0 Å². The fourth-order valence-electron chi connectivity index (χ4n) is 2.76. The summed E-state index contributed by atoms with van der Waals surface area (Å²) in [5, 5.41) is 18.9. The van der Waals surface area contributed by atoms with Crippen molar-refractivity contribution in [2.45, 2.75) is 6.54 Å². The number of halogens is 1. The number of phenolic OH excluding ortho intramolecular Hbond substituents is 1. The zero-order valence-corrected chi connectivity index (χ0v) is 18.0. The number of amides is 1. The smallest absolute Gasteiger partial charge is 0.267 e. The molecule has 2 aromatic carbocycles. The van der Waals surface area contributed by atoms with Crippen LogP contribution in [-0.2, 0) is 11.3 Å². The number of benzene rings is 2. The number of hydrogen-bond acceptors (Lipinski definition) is 6. The number of carbonyl (C=O) groups is 1. The van der Waals surface area contributed by atoms with Crippen LogP contribution in [0.25, 0.3) is 6.08 Å². The molecule has 0 saturated carbocycles. The maximum atomic E-state index is 13.0. The normalized spacial score (nSPS) is 17.0. The number of amidine groups is 1. The maximum absolute atomic E-state index is 13.0. The van der Waals surface area contributed by atoms with Gasteiger partial charge in [0.25, 0.3) is 5.91 Å². The Hall–Kier alpha value is -3.10. The molecule has 0 atom stereocenters. The Bertz CT molecular complexity index is 1160. The highest BCUT2D eigenvalue weighted by atomic mass is 79.9. The summed E-state index contributed by atoms with van der Waals surface area (Å²) in [5.74, 6) is 0.515. The van der Waals surface area contributed by atoms with Crippen LogP contribution in [-0.4, -0.2) is 27.3 Å². The second kappa shape index (κ2) is 9.15. The van der Waals surface area contributed by atoms with Crippen molar-refractivity contribution < 1.29 is 14.3 Å². The molecule has 1 fully saturated rings. The van der Waals surface area contributed by atoms with Crippen LogP contribution < -0.4 is 0 Å². The summed E-state index contributed by atoms with van der Waals surface area (Å²) >= 11 is 4.63. The summed E-state index contributed by atoms with van der Waals surface area (Å²) in [5.41, 5.74) is 1.44. The predicted octanol–water partition coefficient (Wildman–Crippen LogP) is 5.25. The predicted molar refractivity (Wildman–Crippen MR) is 122 cm³/mol. The van der Waals surface area contributed by atoms with Gasteiger partial charge in [0.05, 0.1) is 23.9 Å². The van der Waals surface area contributed by atoms with E-state index in [9.17, 15) is 9.90 Å². The third-order valence-electron chi connectivity index (χ3n) is 4.20. The molecule has 3 aromatic rings. The Kier molecular flexibility index (Phi) is 6.15. The summed E-state index contributed by atoms with van der Waals surface area (Å²) in [6, 6.07) is 18.1. The van der Waals surface area contributed by atoms with Gasteiger partial charge in [0.1, 0.15) is 11.5 Å². The van der Waals surface area contributed by atoms with Gasteiger partial charge in [0, 0.05) is 10.0 Å². The van der Waals surface area contributed by atoms with Crippen molar-refractivity contribution in [2.24, 2.45) is 10.2 Å². The van der Waals surface area contributed by atoms with E-state index >= 15 is 0 Å². The first kappa shape index (κ1) is 20.2. The molecule has 0 bridgehead atoms. The van der Waals surface area contributed by atoms with Crippen LogP contribution in [0.5, 0.6) is 5.75 Å². The summed E-state index contributed by atoms with van der Waals surface area (Å²) < 4.78 is 6.33. The van der Waals surface area contributed by atoms with Crippen molar-refractivity contribution >= 4 is 51.1 Å². The minimum Gasteiger partial charge on any atom is -0.507 e. The lowest BCUT2D eigenvalue weighted by Gasteiger charge is -2.12. The fraction of sp³-hybridized carbons (Fsp3) is 0.0455. The molecule has 1 aliphatic heterocycles. The van der Waals surface area contributed by atoms with E-state index in [-0.39, 0.29) is 18.2 Å². The number of rotatable bonds is 5. The quantitative estimate of drug-likeness (QED) is 0.306. The first-order valence-corrected chi connectivity index (χ1v) is 10.6. The lowest BCUT2D eigenvalue weighted by Crippen LogP contribution is -2.28. The molecule has 8 heteroatoms. The topological polar surface area (TPSA) is 78.4 Å². The summed E-state index contributed by atoms with van der Waals surface area (Å²) in [6.45, 7) is 0.238. The Balaban J connectivity index is 1.64. The lowest BCUT2D eigenvalue weighted by molar-refractivity contribution is -0.122. The number of carbonyl (C=O) groups excluding carboxylic acids is 1. The number of phenols is 1. The number of nitrogens with zero attached hydrogens (tertiary/aromatic N) is 3. The first-order valence-electron chi connectivity index (χ1n) is 8.98. The van der Waals surface area contributed by atoms with E-state index < -0.39 is 0 Å². The molecule has 0 radical (unpaired) electrons. The maximum Gasteiger partial charge on any atom is 0.267 e. The van der Waals surface area contributed by atoms with Gasteiger partial charge in [-0.3, -0.25) is 9.69 Å². The number of furan rings is 1.